The number of rotatable bonds is 3. The minimum atomic E-state index is -2.96. The van der Waals surface area contributed by atoms with Crippen molar-refractivity contribution < 1.29 is 18.3 Å². The van der Waals surface area contributed by atoms with Crippen LogP contribution in [0, 0.1) is 0 Å². The standard InChI is InChI=1S/C9H10F2N2O3/c1-2-16-9(15)4-3-5(14)6(12)7(13-4)8(10)11/h3,8H,2,12H2,1H3,(H,13,14). The Kier molecular flexibility index (Phi) is 3.60. The number of aromatic amines is 1. The Bertz CT molecular complexity index is 457. The summed E-state index contributed by atoms with van der Waals surface area (Å²) in [6.07, 6.45) is -2.96. The number of aromatic nitrogens is 1. The minimum absolute atomic E-state index is 0.0786. The number of nitrogens with two attached hydrogens (primary N) is 1. The van der Waals surface area contributed by atoms with Crippen molar-refractivity contribution in [2.45, 2.75) is 13.3 Å². The number of anilines is 1. The van der Waals surface area contributed by atoms with E-state index in [1.165, 1.54) is 0 Å². The highest BCUT2D eigenvalue weighted by Gasteiger charge is 2.18. The van der Waals surface area contributed by atoms with Crippen LogP contribution in [0.5, 0.6) is 0 Å². The zero-order valence-corrected chi connectivity index (χ0v) is 8.42. The molecule has 0 aromatic carbocycles. The van der Waals surface area contributed by atoms with Gasteiger partial charge < -0.3 is 15.5 Å². The molecule has 0 bridgehead atoms. The molecule has 3 N–H and O–H groups in total. The molecule has 16 heavy (non-hydrogen) atoms. The molecule has 0 aliphatic rings. The lowest BCUT2D eigenvalue weighted by atomic mass is 10.2. The second-order valence-electron chi connectivity index (χ2n) is 2.90. The van der Waals surface area contributed by atoms with Gasteiger partial charge in [0, 0.05) is 6.07 Å². The Labute approximate surface area is 89.2 Å². The van der Waals surface area contributed by atoms with Crippen molar-refractivity contribution in [1.82, 2.24) is 4.98 Å². The number of alkyl halides is 2. The molecular weight excluding hydrogens is 222 g/mol. The molecule has 0 saturated heterocycles. The Morgan fingerprint density at radius 3 is 2.75 bits per heavy atom. The number of nitrogen functional groups attached to an aromatic ring is 1. The van der Waals surface area contributed by atoms with Crippen LogP contribution in [-0.4, -0.2) is 17.6 Å². The normalized spacial score (nSPS) is 10.5. The summed E-state index contributed by atoms with van der Waals surface area (Å²) < 4.78 is 29.4. The molecule has 0 amide bonds. The van der Waals surface area contributed by atoms with E-state index < -0.39 is 29.2 Å². The summed E-state index contributed by atoms with van der Waals surface area (Å²) in [5.41, 5.74) is 2.62. The molecule has 0 saturated carbocycles. The van der Waals surface area contributed by atoms with Crippen LogP contribution in [0.1, 0.15) is 29.5 Å². The number of esters is 1. The minimum Gasteiger partial charge on any atom is -0.461 e. The SMILES string of the molecule is CCOC(=O)c1cc(=O)c(N)c(C(F)F)[nH]1. The number of halogens is 2. The zero-order chi connectivity index (χ0) is 12.3. The summed E-state index contributed by atoms with van der Waals surface area (Å²) in [6, 6.07) is 0.833. The number of ether oxygens (including phenoxy) is 1. The third-order valence-corrected chi connectivity index (χ3v) is 1.81. The summed E-state index contributed by atoms with van der Waals surface area (Å²) >= 11 is 0. The van der Waals surface area contributed by atoms with Crippen LogP contribution in [0.2, 0.25) is 0 Å². The van der Waals surface area contributed by atoms with E-state index in [0.29, 0.717) is 0 Å². The number of hydrogen-bond acceptors (Lipinski definition) is 4. The summed E-state index contributed by atoms with van der Waals surface area (Å²) in [6.45, 7) is 1.64. The van der Waals surface area contributed by atoms with E-state index in [2.05, 4.69) is 9.72 Å². The van der Waals surface area contributed by atoms with Gasteiger partial charge in [-0.15, -0.1) is 0 Å². The van der Waals surface area contributed by atoms with Crippen molar-refractivity contribution >= 4 is 11.7 Å². The number of hydrogen-bond donors (Lipinski definition) is 2. The molecule has 7 heteroatoms. The summed E-state index contributed by atoms with van der Waals surface area (Å²) in [4.78, 5) is 24.5. The van der Waals surface area contributed by atoms with Crippen molar-refractivity contribution in [1.29, 1.82) is 0 Å². The van der Waals surface area contributed by atoms with Gasteiger partial charge in [0.15, 0.2) is 0 Å². The third kappa shape index (κ3) is 2.36. The van der Waals surface area contributed by atoms with Gasteiger partial charge in [-0.3, -0.25) is 4.79 Å². The van der Waals surface area contributed by atoms with E-state index in [4.69, 9.17) is 5.73 Å². The van der Waals surface area contributed by atoms with Crippen LogP contribution in [0.3, 0.4) is 0 Å². The van der Waals surface area contributed by atoms with Crippen molar-refractivity contribution in [2.24, 2.45) is 0 Å². The lowest BCUT2D eigenvalue weighted by Crippen LogP contribution is -2.18. The fraction of sp³-hybridized carbons (Fsp3) is 0.333. The van der Waals surface area contributed by atoms with E-state index in [9.17, 15) is 18.4 Å². The van der Waals surface area contributed by atoms with Gasteiger partial charge in [0.25, 0.3) is 6.43 Å². The molecule has 0 unspecified atom stereocenters. The molecule has 5 nitrogen and oxygen atoms in total. The van der Waals surface area contributed by atoms with E-state index >= 15 is 0 Å². The molecule has 1 rings (SSSR count). The van der Waals surface area contributed by atoms with E-state index in [-0.39, 0.29) is 12.3 Å². The maximum atomic E-state index is 12.4. The lowest BCUT2D eigenvalue weighted by molar-refractivity contribution is 0.0518. The van der Waals surface area contributed by atoms with Gasteiger partial charge in [-0.25, -0.2) is 13.6 Å². The van der Waals surface area contributed by atoms with Gasteiger partial charge in [-0.05, 0) is 6.92 Å². The molecule has 0 aliphatic carbocycles. The van der Waals surface area contributed by atoms with Crippen LogP contribution in [0.25, 0.3) is 0 Å². The maximum absolute atomic E-state index is 12.4. The molecule has 0 atom stereocenters. The average molecular weight is 232 g/mol. The number of pyridine rings is 1. The fourth-order valence-electron chi connectivity index (χ4n) is 1.08. The zero-order valence-electron chi connectivity index (χ0n) is 8.42. The number of nitrogens with one attached hydrogen (secondary N) is 1. The quantitative estimate of drug-likeness (QED) is 0.763. The largest absolute Gasteiger partial charge is 0.461 e. The Hall–Kier alpha value is -1.92. The van der Waals surface area contributed by atoms with Gasteiger partial charge in [-0.1, -0.05) is 0 Å². The lowest BCUT2D eigenvalue weighted by Gasteiger charge is -2.07. The van der Waals surface area contributed by atoms with Gasteiger partial charge in [0.05, 0.1) is 6.61 Å². The molecule has 0 fully saturated rings. The van der Waals surface area contributed by atoms with Crippen LogP contribution >= 0.6 is 0 Å². The highest BCUT2D eigenvalue weighted by Crippen LogP contribution is 2.20. The topological polar surface area (TPSA) is 85.2 Å². The van der Waals surface area contributed by atoms with Crippen LogP contribution < -0.4 is 11.2 Å². The Morgan fingerprint density at radius 1 is 1.62 bits per heavy atom. The van der Waals surface area contributed by atoms with E-state index in [1.807, 2.05) is 0 Å². The smallest absolute Gasteiger partial charge is 0.354 e. The first-order valence-corrected chi connectivity index (χ1v) is 4.45. The summed E-state index contributed by atoms with van der Waals surface area (Å²) in [7, 11) is 0. The number of H-pyrrole nitrogens is 1. The second kappa shape index (κ2) is 4.73. The molecule has 0 radical (unpaired) electrons. The highest BCUT2D eigenvalue weighted by molar-refractivity contribution is 5.87. The molecular formula is C9H10F2N2O3. The maximum Gasteiger partial charge on any atom is 0.354 e. The van der Waals surface area contributed by atoms with Crippen LogP contribution in [0.15, 0.2) is 10.9 Å². The fourth-order valence-corrected chi connectivity index (χ4v) is 1.08. The predicted octanol–water partition coefficient (Wildman–Crippen LogP) is 1.07. The van der Waals surface area contributed by atoms with Crippen LogP contribution in [-0.2, 0) is 4.74 Å². The van der Waals surface area contributed by atoms with E-state index in [1.54, 1.807) is 6.92 Å². The predicted molar refractivity (Wildman–Crippen MR) is 52.4 cm³/mol. The second-order valence-corrected chi connectivity index (χ2v) is 2.90. The molecule has 1 aromatic heterocycles. The van der Waals surface area contributed by atoms with Crippen molar-refractivity contribution in [3.63, 3.8) is 0 Å². The van der Waals surface area contributed by atoms with Crippen molar-refractivity contribution in [3.8, 4) is 0 Å². The summed E-state index contributed by atoms with van der Waals surface area (Å²) in [5.74, 6) is -0.874. The molecule has 88 valence electrons. The third-order valence-electron chi connectivity index (χ3n) is 1.81. The first kappa shape index (κ1) is 12.2. The van der Waals surface area contributed by atoms with Crippen molar-refractivity contribution in [3.05, 3.63) is 27.7 Å². The number of carbonyl (C=O) groups excluding carboxylic acids is 1. The van der Waals surface area contributed by atoms with Gasteiger partial charge >= 0.3 is 5.97 Å². The monoisotopic (exact) mass is 232 g/mol. The van der Waals surface area contributed by atoms with Gasteiger partial charge in [-0.2, -0.15) is 0 Å². The average Bonchev–Trinajstić information content (AvgIpc) is 2.21. The Balaban J connectivity index is 3.24. The molecule has 1 aromatic rings. The first-order chi connectivity index (χ1) is 7.47. The number of carbonyl (C=O) groups is 1. The summed E-state index contributed by atoms with van der Waals surface area (Å²) in [5, 5.41) is 0. The first-order valence-electron chi connectivity index (χ1n) is 4.45. The molecule has 0 spiro atoms. The van der Waals surface area contributed by atoms with Gasteiger partial charge in [0.2, 0.25) is 5.43 Å². The Morgan fingerprint density at radius 2 is 2.25 bits per heavy atom. The van der Waals surface area contributed by atoms with E-state index in [0.717, 1.165) is 6.07 Å². The highest BCUT2D eigenvalue weighted by atomic mass is 19.3. The van der Waals surface area contributed by atoms with Crippen molar-refractivity contribution in [2.75, 3.05) is 12.3 Å². The van der Waals surface area contributed by atoms with Gasteiger partial charge in [0.1, 0.15) is 17.1 Å². The molecule has 0 aliphatic heterocycles. The molecule has 1 heterocycles. The van der Waals surface area contributed by atoms with Crippen LogP contribution in [0.4, 0.5) is 14.5 Å².